The van der Waals surface area contributed by atoms with E-state index in [1.54, 1.807) is 0 Å². The summed E-state index contributed by atoms with van der Waals surface area (Å²) in [5.74, 6) is 0.194. The summed E-state index contributed by atoms with van der Waals surface area (Å²) < 4.78 is 0. The molecule has 4 rings (SSSR count). The second kappa shape index (κ2) is 13.3. The van der Waals surface area contributed by atoms with E-state index in [1.165, 1.54) is 36.6 Å². The van der Waals surface area contributed by atoms with Gasteiger partial charge in [-0.15, -0.1) is 0 Å². The number of amides is 2. The molecule has 1 N–H and O–H groups in total. The molecule has 5 nitrogen and oxygen atoms in total. The normalized spacial score (nSPS) is 13.1. The van der Waals surface area contributed by atoms with E-state index in [9.17, 15) is 9.59 Å². The molecular weight excluding hydrogens is 446 g/mol. The number of para-hydroxylation sites is 1. The van der Waals surface area contributed by atoms with E-state index in [2.05, 4.69) is 48.4 Å². The lowest BCUT2D eigenvalue weighted by Crippen LogP contribution is -2.44. The molecule has 0 atom stereocenters. The number of H-pyrrole nitrogens is 1. The molecule has 192 valence electrons. The van der Waals surface area contributed by atoms with Crippen LogP contribution in [0.4, 0.5) is 0 Å². The lowest BCUT2D eigenvalue weighted by atomic mass is 10.1. The van der Waals surface area contributed by atoms with Gasteiger partial charge in [0.2, 0.25) is 11.8 Å². The van der Waals surface area contributed by atoms with Gasteiger partial charge in [-0.2, -0.15) is 0 Å². The van der Waals surface area contributed by atoms with Gasteiger partial charge in [-0.25, -0.2) is 0 Å². The van der Waals surface area contributed by atoms with Gasteiger partial charge in [0.25, 0.3) is 0 Å². The molecule has 0 spiro atoms. The summed E-state index contributed by atoms with van der Waals surface area (Å²) in [6, 6.07) is 18.7. The minimum Gasteiger partial charge on any atom is -0.361 e. The Hall–Kier alpha value is -3.08. The lowest BCUT2D eigenvalue weighted by Gasteiger charge is -2.28. The number of unbranched alkanes of at least 4 members (excludes halogenated alkanes) is 5. The maximum Gasteiger partial charge on any atom is 0.242 e. The first-order valence-corrected chi connectivity index (χ1v) is 13.8. The first kappa shape index (κ1) is 26.0. The SMILES string of the molecule is CCCCCCCCC(=O)N(CC(=O)N(CCc1c[nH]c2ccccc12)Cc1ccccc1)C1CC1. The number of carbonyl (C=O) groups excluding carboxylic acids is 2. The molecule has 36 heavy (non-hydrogen) atoms. The molecule has 0 saturated heterocycles. The zero-order valence-electron chi connectivity index (χ0n) is 21.8. The highest BCUT2D eigenvalue weighted by Crippen LogP contribution is 2.28. The molecular formula is C31H41N3O2. The van der Waals surface area contributed by atoms with E-state index in [0.717, 1.165) is 43.2 Å². The van der Waals surface area contributed by atoms with Crippen LogP contribution in [0.3, 0.4) is 0 Å². The van der Waals surface area contributed by atoms with E-state index in [0.29, 0.717) is 19.5 Å². The van der Waals surface area contributed by atoms with Gasteiger partial charge >= 0.3 is 0 Å². The average molecular weight is 488 g/mol. The first-order valence-electron chi connectivity index (χ1n) is 13.8. The number of rotatable bonds is 15. The number of hydrogen-bond acceptors (Lipinski definition) is 2. The largest absolute Gasteiger partial charge is 0.361 e. The zero-order valence-corrected chi connectivity index (χ0v) is 21.8. The number of fused-ring (bicyclic) bond motifs is 1. The fourth-order valence-electron chi connectivity index (χ4n) is 4.94. The van der Waals surface area contributed by atoms with E-state index in [-0.39, 0.29) is 24.4 Å². The monoisotopic (exact) mass is 487 g/mol. The molecule has 1 heterocycles. The Labute approximate surface area is 215 Å². The van der Waals surface area contributed by atoms with Crippen molar-refractivity contribution in [1.82, 2.24) is 14.8 Å². The van der Waals surface area contributed by atoms with Crippen LogP contribution >= 0.6 is 0 Å². The molecule has 3 aromatic rings. The third-order valence-electron chi connectivity index (χ3n) is 7.25. The molecule has 1 saturated carbocycles. The van der Waals surface area contributed by atoms with Crippen LogP contribution in [0.5, 0.6) is 0 Å². The van der Waals surface area contributed by atoms with Crippen molar-refractivity contribution in [2.45, 2.75) is 83.7 Å². The van der Waals surface area contributed by atoms with Crippen molar-refractivity contribution in [1.29, 1.82) is 0 Å². The summed E-state index contributed by atoms with van der Waals surface area (Å²) in [7, 11) is 0. The summed E-state index contributed by atoms with van der Waals surface area (Å²) in [6.07, 6.45) is 12.4. The smallest absolute Gasteiger partial charge is 0.242 e. The average Bonchev–Trinajstić information content (AvgIpc) is 3.66. The highest BCUT2D eigenvalue weighted by Gasteiger charge is 2.34. The van der Waals surface area contributed by atoms with Crippen molar-refractivity contribution >= 4 is 22.7 Å². The van der Waals surface area contributed by atoms with Gasteiger partial charge in [0.1, 0.15) is 6.54 Å². The molecule has 0 bridgehead atoms. The van der Waals surface area contributed by atoms with E-state index in [1.807, 2.05) is 34.1 Å². The highest BCUT2D eigenvalue weighted by atomic mass is 16.2. The molecule has 0 aliphatic heterocycles. The Morgan fingerprint density at radius 2 is 1.61 bits per heavy atom. The number of aromatic nitrogens is 1. The van der Waals surface area contributed by atoms with Crippen molar-refractivity contribution in [3.63, 3.8) is 0 Å². The van der Waals surface area contributed by atoms with Crippen LogP contribution < -0.4 is 0 Å². The zero-order chi connectivity index (χ0) is 25.2. The Morgan fingerprint density at radius 1 is 0.889 bits per heavy atom. The molecule has 1 aliphatic carbocycles. The molecule has 0 unspecified atom stereocenters. The molecule has 1 fully saturated rings. The second-order valence-electron chi connectivity index (χ2n) is 10.2. The van der Waals surface area contributed by atoms with Crippen molar-refractivity contribution in [3.8, 4) is 0 Å². The second-order valence-corrected chi connectivity index (χ2v) is 10.2. The maximum atomic E-state index is 13.6. The number of aromatic amines is 1. The van der Waals surface area contributed by atoms with Gasteiger partial charge in [0.05, 0.1) is 0 Å². The van der Waals surface area contributed by atoms with E-state index < -0.39 is 0 Å². The predicted molar refractivity (Wildman–Crippen MR) is 147 cm³/mol. The van der Waals surface area contributed by atoms with E-state index in [4.69, 9.17) is 0 Å². The van der Waals surface area contributed by atoms with Crippen molar-refractivity contribution < 1.29 is 9.59 Å². The van der Waals surface area contributed by atoms with Gasteiger partial charge in [-0.1, -0.05) is 87.6 Å². The van der Waals surface area contributed by atoms with Crippen molar-refractivity contribution in [2.24, 2.45) is 0 Å². The summed E-state index contributed by atoms with van der Waals surface area (Å²) in [4.78, 5) is 33.8. The third kappa shape index (κ3) is 7.46. The van der Waals surface area contributed by atoms with Gasteiger partial charge in [0, 0.05) is 42.7 Å². The van der Waals surface area contributed by atoms with Crippen LogP contribution in [-0.2, 0) is 22.6 Å². The van der Waals surface area contributed by atoms with Crippen LogP contribution in [0.1, 0.15) is 75.8 Å². The number of nitrogens with zero attached hydrogens (tertiary/aromatic N) is 2. The third-order valence-corrected chi connectivity index (χ3v) is 7.25. The quantitative estimate of drug-likeness (QED) is 0.249. The molecule has 0 radical (unpaired) electrons. The Balaban J connectivity index is 1.38. The van der Waals surface area contributed by atoms with Gasteiger partial charge < -0.3 is 14.8 Å². The molecule has 2 amide bonds. The maximum absolute atomic E-state index is 13.6. The molecule has 1 aromatic heterocycles. The van der Waals surface area contributed by atoms with Crippen molar-refractivity contribution in [2.75, 3.05) is 13.1 Å². The van der Waals surface area contributed by atoms with Gasteiger partial charge in [0.15, 0.2) is 0 Å². The van der Waals surface area contributed by atoms with Crippen LogP contribution in [-0.4, -0.2) is 45.7 Å². The highest BCUT2D eigenvalue weighted by molar-refractivity contribution is 5.86. The number of benzene rings is 2. The summed E-state index contributed by atoms with van der Waals surface area (Å²) >= 11 is 0. The number of hydrogen-bond donors (Lipinski definition) is 1. The Morgan fingerprint density at radius 3 is 2.39 bits per heavy atom. The summed E-state index contributed by atoms with van der Waals surface area (Å²) in [6.45, 7) is 3.60. The predicted octanol–water partition coefficient (Wildman–Crippen LogP) is 6.48. The van der Waals surface area contributed by atoms with Crippen LogP contribution in [0, 0.1) is 0 Å². The molecule has 2 aromatic carbocycles. The van der Waals surface area contributed by atoms with Crippen LogP contribution in [0.15, 0.2) is 60.8 Å². The Bertz CT molecular complexity index is 1100. The molecule has 5 heteroatoms. The fourth-order valence-corrected chi connectivity index (χ4v) is 4.94. The number of carbonyl (C=O) groups is 2. The Kier molecular flexibility index (Phi) is 9.60. The van der Waals surface area contributed by atoms with E-state index >= 15 is 0 Å². The summed E-state index contributed by atoms with van der Waals surface area (Å²) in [5.41, 5.74) is 3.45. The summed E-state index contributed by atoms with van der Waals surface area (Å²) in [5, 5.41) is 1.21. The van der Waals surface area contributed by atoms with Crippen molar-refractivity contribution in [3.05, 3.63) is 71.9 Å². The molecule has 1 aliphatic rings. The lowest BCUT2D eigenvalue weighted by molar-refractivity contribution is -0.141. The van der Waals surface area contributed by atoms with Crippen LogP contribution in [0.25, 0.3) is 10.9 Å². The van der Waals surface area contributed by atoms with Gasteiger partial charge in [-0.05, 0) is 42.9 Å². The van der Waals surface area contributed by atoms with Crippen LogP contribution in [0.2, 0.25) is 0 Å². The fraction of sp³-hybridized carbons (Fsp3) is 0.484. The minimum absolute atomic E-state index is 0.0434. The minimum atomic E-state index is 0.0434. The first-order chi connectivity index (χ1) is 17.7. The topological polar surface area (TPSA) is 56.4 Å². The standard InChI is InChI=1S/C31H41N3O2/c1-2-3-4-5-6-10-17-30(35)34(27-18-19-27)24-31(36)33(23-25-13-8-7-9-14-25)21-20-26-22-32-29-16-12-11-15-28(26)29/h7-9,11-16,22,27,32H,2-6,10,17-21,23-24H2,1H3. The van der Waals surface area contributed by atoms with Gasteiger partial charge in [-0.3, -0.25) is 9.59 Å². The number of nitrogens with one attached hydrogen (secondary N) is 1.